The van der Waals surface area contributed by atoms with Gasteiger partial charge in [-0.05, 0) is 19.8 Å². The summed E-state index contributed by atoms with van der Waals surface area (Å²) in [4.78, 5) is 11.3. The number of carbonyl (C=O) groups is 1. The van der Waals surface area contributed by atoms with E-state index in [0.29, 0.717) is 19.8 Å². The fourth-order valence-electron chi connectivity index (χ4n) is 2.55. The summed E-state index contributed by atoms with van der Waals surface area (Å²) in [5.41, 5.74) is -0.707. The maximum atomic E-state index is 11.3. The molecule has 0 saturated carbocycles. The predicted octanol–water partition coefficient (Wildman–Crippen LogP) is 2.20. The van der Waals surface area contributed by atoms with Gasteiger partial charge in [-0.3, -0.25) is 4.79 Å². The summed E-state index contributed by atoms with van der Waals surface area (Å²) in [6, 6.07) is -0.699. The Labute approximate surface area is 135 Å². The number of rotatable bonds is 10. The Morgan fingerprint density at radius 1 is 1.23 bits per heavy atom. The van der Waals surface area contributed by atoms with Gasteiger partial charge in [0.15, 0.2) is 0 Å². The molecule has 5 nitrogen and oxygen atoms in total. The first kappa shape index (κ1) is 19.5. The average Bonchev–Trinajstić information content (AvgIpc) is 2.67. The lowest BCUT2D eigenvalue weighted by atomic mass is 9.89. The molecular formula is C16H29BO5. The van der Waals surface area contributed by atoms with Crippen LogP contribution in [-0.4, -0.2) is 57.4 Å². The van der Waals surface area contributed by atoms with E-state index in [1.807, 2.05) is 6.92 Å². The molecule has 1 fully saturated rings. The second kappa shape index (κ2) is 9.53. The summed E-state index contributed by atoms with van der Waals surface area (Å²) >= 11 is 0. The molecule has 1 aliphatic rings. The van der Waals surface area contributed by atoms with Gasteiger partial charge in [0.2, 0.25) is 0 Å². The molecular weight excluding hydrogens is 283 g/mol. The minimum Gasteiger partial charge on any atom is -0.458 e. The fourth-order valence-corrected chi connectivity index (χ4v) is 2.55. The quantitative estimate of drug-likeness (QED) is 0.352. The van der Waals surface area contributed by atoms with Gasteiger partial charge in [0.1, 0.15) is 25.7 Å². The lowest BCUT2D eigenvalue weighted by molar-refractivity contribution is -0.156. The van der Waals surface area contributed by atoms with Crippen molar-refractivity contribution in [3.05, 3.63) is 0 Å². The molecule has 0 amide bonds. The van der Waals surface area contributed by atoms with E-state index in [0.717, 1.165) is 25.7 Å². The Morgan fingerprint density at radius 2 is 1.86 bits per heavy atom. The van der Waals surface area contributed by atoms with Crippen LogP contribution in [-0.2, 0) is 23.7 Å². The third-order valence-electron chi connectivity index (χ3n) is 3.76. The monoisotopic (exact) mass is 312 g/mol. The number of ether oxygens (including phenoxy) is 4. The van der Waals surface area contributed by atoms with Gasteiger partial charge < -0.3 is 18.9 Å². The predicted molar refractivity (Wildman–Crippen MR) is 85.0 cm³/mol. The molecule has 22 heavy (non-hydrogen) atoms. The summed E-state index contributed by atoms with van der Waals surface area (Å²) < 4.78 is 22.8. The lowest BCUT2D eigenvalue weighted by Crippen LogP contribution is -2.47. The molecule has 2 radical (unpaired) electrons. The molecule has 6 heteroatoms. The van der Waals surface area contributed by atoms with E-state index >= 15 is 0 Å². The molecule has 1 unspecified atom stereocenters. The maximum absolute atomic E-state index is 11.3. The molecule has 0 aromatic heterocycles. The van der Waals surface area contributed by atoms with Crippen molar-refractivity contribution in [2.45, 2.75) is 77.2 Å². The number of unbranched alkanes of at least 4 members (excludes halogenated alkanes) is 2. The van der Waals surface area contributed by atoms with Crippen LogP contribution in [0.5, 0.6) is 0 Å². The largest absolute Gasteiger partial charge is 0.458 e. The van der Waals surface area contributed by atoms with Crippen molar-refractivity contribution in [1.82, 2.24) is 0 Å². The Hall–Kier alpha value is -0.585. The zero-order chi connectivity index (χ0) is 16.6. The van der Waals surface area contributed by atoms with Gasteiger partial charge in [0, 0.05) is 20.1 Å². The van der Waals surface area contributed by atoms with Gasteiger partial charge >= 0.3 is 5.97 Å². The first-order chi connectivity index (χ1) is 10.4. The third kappa shape index (κ3) is 5.56. The van der Waals surface area contributed by atoms with Gasteiger partial charge in [-0.1, -0.05) is 26.7 Å². The first-order valence-electron chi connectivity index (χ1n) is 8.24. The summed E-state index contributed by atoms with van der Waals surface area (Å²) in [6.45, 7) is 9.10. The minimum absolute atomic E-state index is 0.370. The van der Waals surface area contributed by atoms with E-state index in [-0.39, 0.29) is 5.97 Å². The average molecular weight is 312 g/mol. The molecule has 1 rings (SSSR count). The van der Waals surface area contributed by atoms with Crippen molar-refractivity contribution in [3.63, 3.8) is 0 Å². The van der Waals surface area contributed by atoms with E-state index in [9.17, 15) is 4.79 Å². The van der Waals surface area contributed by atoms with Gasteiger partial charge in [-0.15, -0.1) is 0 Å². The number of hydrogen-bond donors (Lipinski definition) is 0. The van der Waals surface area contributed by atoms with E-state index < -0.39 is 23.8 Å². The molecule has 1 saturated heterocycles. The van der Waals surface area contributed by atoms with E-state index in [2.05, 4.69) is 13.8 Å². The molecule has 0 bridgehead atoms. The summed E-state index contributed by atoms with van der Waals surface area (Å²) in [6.07, 6.45) is 3.02. The SMILES string of the molecule is [B][C@@H]1O[C@](C)(COCCCC)C(OCCCC)[C@@H]1OC(C)=O. The molecule has 0 N–H and O–H groups in total. The highest BCUT2D eigenvalue weighted by molar-refractivity contribution is 6.11. The van der Waals surface area contributed by atoms with Crippen LogP contribution < -0.4 is 0 Å². The number of hydrogen-bond acceptors (Lipinski definition) is 5. The summed E-state index contributed by atoms with van der Waals surface area (Å²) in [5.74, 6) is -0.385. The normalized spacial score (nSPS) is 31.4. The van der Waals surface area contributed by atoms with E-state index in [4.69, 9.17) is 26.8 Å². The zero-order valence-corrected chi connectivity index (χ0v) is 14.3. The Morgan fingerprint density at radius 3 is 2.45 bits per heavy atom. The van der Waals surface area contributed by atoms with Crippen LogP contribution in [0, 0.1) is 0 Å². The van der Waals surface area contributed by atoms with Crippen LogP contribution in [0.4, 0.5) is 0 Å². The number of esters is 1. The highest BCUT2D eigenvalue weighted by Gasteiger charge is 2.53. The maximum Gasteiger partial charge on any atom is 0.303 e. The van der Waals surface area contributed by atoms with Crippen LogP contribution >= 0.6 is 0 Å². The Balaban J connectivity index is 2.71. The van der Waals surface area contributed by atoms with Crippen LogP contribution in [0.1, 0.15) is 53.4 Å². The number of carbonyl (C=O) groups excluding carboxylic acids is 1. The lowest BCUT2D eigenvalue weighted by Gasteiger charge is -2.31. The van der Waals surface area contributed by atoms with E-state index in [1.54, 1.807) is 0 Å². The van der Waals surface area contributed by atoms with Crippen molar-refractivity contribution in [3.8, 4) is 0 Å². The van der Waals surface area contributed by atoms with Gasteiger partial charge in [0.25, 0.3) is 0 Å². The standard InChI is InChI=1S/C16H29BO5/c1-5-7-9-19-11-16(4)14(20-10-8-6-2)13(15(17)22-16)21-12(3)18/h13-15H,5-11H2,1-4H3/t13-,14?,15+,16+/m0/s1. The molecule has 0 aromatic rings. The molecule has 0 spiro atoms. The summed E-state index contributed by atoms with van der Waals surface area (Å²) in [7, 11) is 5.99. The molecule has 0 aliphatic carbocycles. The molecule has 1 heterocycles. The highest BCUT2D eigenvalue weighted by Crippen LogP contribution is 2.34. The van der Waals surface area contributed by atoms with Crippen LogP contribution in [0.25, 0.3) is 0 Å². The second-order valence-corrected chi connectivity index (χ2v) is 6.02. The second-order valence-electron chi connectivity index (χ2n) is 6.02. The van der Waals surface area contributed by atoms with Crippen molar-refractivity contribution in [2.75, 3.05) is 19.8 Å². The Kier molecular flexibility index (Phi) is 8.43. The van der Waals surface area contributed by atoms with Crippen molar-refractivity contribution in [2.24, 2.45) is 0 Å². The molecule has 0 aromatic carbocycles. The molecule has 4 atom stereocenters. The van der Waals surface area contributed by atoms with Gasteiger partial charge in [0.05, 0.1) is 12.6 Å². The highest BCUT2D eigenvalue weighted by atomic mass is 16.6. The zero-order valence-electron chi connectivity index (χ0n) is 14.3. The topological polar surface area (TPSA) is 54.0 Å². The van der Waals surface area contributed by atoms with Crippen LogP contribution in [0.15, 0.2) is 0 Å². The van der Waals surface area contributed by atoms with Crippen LogP contribution in [0.3, 0.4) is 0 Å². The van der Waals surface area contributed by atoms with Crippen LogP contribution in [0.2, 0.25) is 0 Å². The minimum atomic E-state index is -0.707. The third-order valence-corrected chi connectivity index (χ3v) is 3.76. The molecule has 1 aliphatic heterocycles. The van der Waals surface area contributed by atoms with Crippen molar-refractivity contribution in [1.29, 1.82) is 0 Å². The van der Waals surface area contributed by atoms with Crippen molar-refractivity contribution >= 4 is 13.8 Å². The first-order valence-corrected chi connectivity index (χ1v) is 8.24. The fraction of sp³-hybridized carbons (Fsp3) is 0.938. The van der Waals surface area contributed by atoms with Gasteiger partial charge in [-0.25, -0.2) is 0 Å². The van der Waals surface area contributed by atoms with E-state index in [1.165, 1.54) is 6.92 Å². The molecule has 126 valence electrons. The summed E-state index contributed by atoms with van der Waals surface area (Å²) in [5, 5.41) is 0. The Bertz CT molecular complexity index is 338. The van der Waals surface area contributed by atoms with Gasteiger partial charge in [-0.2, -0.15) is 0 Å². The smallest absolute Gasteiger partial charge is 0.303 e. The van der Waals surface area contributed by atoms with Crippen molar-refractivity contribution < 1.29 is 23.7 Å².